The highest BCUT2D eigenvalue weighted by Crippen LogP contribution is 2.18. The monoisotopic (exact) mass is 447 g/mol. The molecule has 0 aliphatic rings. The summed E-state index contributed by atoms with van der Waals surface area (Å²) in [7, 11) is 2.34. The molecule has 0 aromatic rings. The summed E-state index contributed by atoms with van der Waals surface area (Å²) in [6.07, 6.45) is 38.5. The molecule has 0 aromatic carbocycles. The van der Waals surface area contributed by atoms with E-state index in [0.717, 1.165) is 12.5 Å². The lowest BCUT2D eigenvalue weighted by Gasteiger charge is -2.27. The molecule has 32 heavy (non-hydrogen) atoms. The minimum atomic E-state index is 0.823. The van der Waals surface area contributed by atoms with E-state index in [4.69, 9.17) is 0 Å². The Bertz CT molecular complexity index is 397. The summed E-state index contributed by atoms with van der Waals surface area (Å²) >= 11 is 0. The van der Waals surface area contributed by atoms with Gasteiger partial charge in [0.25, 0.3) is 0 Å². The summed E-state index contributed by atoms with van der Waals surface area (Å²) in [6, 6.07) is 0.823. The zero-order chi connectivity index (χ0) is 23.5. The Morgan fingerprint density at radius 3 is 1.44 bits per heavy atom. The van der Waals surface area contributed by atoms with Crippen molar-refractivity contribution < 1.29 is 0 Å². The summed E-state index contributed by atoms with van der Waals surface area (Å²) < 4.78 is 0. The molecule has 0 rings (SSSR count). The first-order chi connectivity index (χ1) is 15.8. The van der Waals surface area contributed by atoms with E-state index in [2.05, 4.69) is 57.0 Å². The molecule has 0 aliphatic heterocycles. The van der Waals surface area contributed by atoms with Crippen LogP contribution < -0.4 is 0 Å². The average molecular weight is 448 g/mol. The van der Waals surface area contributed by atoms with Crippen LogP contribution in [0.1, 0.15) is 156 Å². The lowest BCUT2D eigenvalue weighted by atomic mass is 9.99. The molecule has 190 valence electrons. The van der Waals surface area contributed by atoms with Crippen molar-refractivity contribution in [2.75, 3.05) is 13.6 Å². The van der Waals surface area contributed by atoms with Gasteiger partial charge in [-0.1, -0.05) is 141 Å². The summed E-state index contributed by atoms with van der Waals surface area (Å²) in [5.74, 6) is 0. The molecule has 0 aromatic heterocycles. The highest BCUT2D eigenvalue weighted by Gasteiger charge is 2.12. The van der Waals surface area contributed by atoms with Crippen molar-refractivity contribution >= 4 is 0 Å². The van der Waals surface area contributed by atoms with Crippen LogP contribution in [0.4, 0.5) is 0 Å². The van der Waals surface area contributed by atoms with E-state index in [1.54, 1.807) is 0 Å². The predicted octanol–water partition coefficient (Wildman–Crippen LogP) is 10.7. The number of nitrogens with zero attached hydrogens (tertiary/aromatic N) is 1. The first-order valence-corrected chi connectivity index (χ1v) is 14.8. The van der Waals surface area contributed by atoms with E-state index < -0.39 is 0 Å². The lowest BCUT2D eigenvalue weighted by Crippen LogP contribution is -2.31. The maximum Gasteiger partial charge on any atom is 0.00920 e. The highest BCUT2D eigenvalue weighted by molar-refractivity contribution is 4.92. The maximum atomic E-state index is 2.60. The SMILES string of the molecule is CCCC/C=C\CC=CCCCCCCCCCC(CCCCCCCCC)N(C)CC. The quantitative estimate of drug-likeness (QED) is 0.0993. The van der Waals surface area contributed by atoms with Gasteiger partial charge in [-0.2, -0.15) is 0 Å². The maximum absolute atomic E-state index is 2.60. The van der Waals surface area contributed by atoms with Crippen molar-refractivity contribution in [2.24, 2.45) is 0 Å². The molecule has 0 spiro atoms. The van der Waals surface area contributed by atoms with Crippen molar-refractivity contribution in [1.29, 1.82) is 0 Å². The molecule has 0 N–H and O–H groups in total. The third-order valence-electron chi connectivity index (χ3n) is 7.00. The standard InChI is InChI=1S/C31H61N/c1-5-8-10-12-14-15-16-17-18-19-20-21-22-24-26-28-30-31(32(4)7-3)29-27-25-23-13-11-9-6-2/h12,14,16-17,31H,5-11,13,15,18-30H2,1-4H3/b14-12-,17-16?. The molecule has 0 bridgehead atoms. The number of hydrogen-bond acceptors (Lipinski definition) is 1. The second-order valence-corrected chi connectivity index (χ2v) is 10.0. The van der Waals surface area contributed by atoms with E-state index >= 15 is 0 Å². The zero-order valence-corrected chi connectivity index (χ0v) is 22.9. The number of allylic oxidation sites excluding steroid dienone is 4. The van der Waals surface area contributed by atoms with Crippen molar-refractivity contribution in [3.05, 3.63) is 24.3 Å². The van der Waals surface area contributed by atoms with Gasteiger partial charge in [-0.25, -0.2) is 0 Å². The normalized spacial score (nSPS) is 13.2. The Hall–Kier alpha value is -0.560. The molecule has 1 atom stereocenters. The molecule has 0 heterocycles. The van der Waals surface area contributed by atoms with Crippen molar-refractivity contribution in [2.45, 2.75) is 162 Å². The molecular weight excluding hydrogens is 386 g/mol. The molecular formula is C31H61N. The van der Waals surface area contributed by atoms with Crippen LogP contribution in [0.5, 0.6) is 0 Å². The van der Waals surface area contributed by atoms with Crippen LogP contribution in [-0.4, -0.2) is 24.5 Å². The van der Waals surface area contributed by atoms with Crippen LogP contribution >= 0.6 is 0 Å². The summed E-state index contributed by atoms with van der Waals surface area (Å²) in [4.78, 5) is 2.60. The van der Waals surface area contributed by atoms with Crippen LogP contribution in [0.25, 0.3) is 0 Å². The van der Waals surface area contributed by atoms with Gasteiger partial charge in [-0.15, -0.1) is 0 Å². The number of hydrogen-bond donors (Lipinski definition) is 0. The largest absolute Gasteiger partial charge is 0.304 e. The van der Waals surface area contributed by atoms with Crippen LogP contribution in [0.15, 0.2) is 24.3 Å². The number of unbranched alkanes of at least 4 members (excludes halogenated alkanes) is 15. The van der Waals surface area contributed by atoms with Crippen molar-refractivity contribution in [1.82, 2.24) is 4.90 Å². The minimum Gasteiger partial charge on any atom is -0.304 e. The Labute approximate surface area is 204 Å². The third kappa shape index (κ3) is 22.6. The molecule has 0 fully saturated rings. The van der Waals surface area contributed by atoms with Crippen LogP contribution in [0, 0.1) is 0 Å². The van der Waals surface area contributed by atoms with Crippen LogP contribution in [0.2, 0.25) is 0 Å². The number of rotatable bonds is 25. The van der Waals surface area contributed by atoms with Gasteiger partial charge in [-0.05, 0) is 52.1 Å². The Morgan fingerprint density at radius 1 is 0.500 bits per heavy atom. The Kier molecular flexibility index (Phi) is 26.2. The lowest BCUT2D eigenvalue weighted by molar-refractivity contribution is 0.219. The molecule has 0 aliphatic carbocycles. The summed E-state index contributed by atoms with van der Waals surface area (Å²) in [6.45, 7) is 8.08. The van der Waals surface area contributed by atoms with Crippen LogP contribution in [0.3, 0.4) is 0 Å². The first kappa shape index (κ1) is 31.4. The van der Waals surface area contributed by atoms with Crippen LogP contribution in [-0.2, 0) is 0 Å². The van der Waals surface area contributed by atoms with E-state index in [-0.39, 0.29) is 0 Å². The van der Waals surface area contributed by atoms with Gasteiger partial charge in [0.15, 0.2) is 0 Å². The fourth-order valence-electron chi connectivity index (χ4n) is 4.54. The van der Waals surface area contributed by atoms with Gasteiger partial charge in [0.05, 0.1) is 0 Å². The third-order valence-corrected chi connectivity index (χ3v) is 7.00. The first-order valence-electron chi connectivity index (χ1n) is 14.8. The van der Waals surface area contributed by atoms with E-state index in [1.165, 1.54) is 135 Å². The topological polar surface area (TPSA) is 3.24 Å². The van der Waals surface area contributed by atoms with Crippen molar-refractivity contribution in [3.8, 4) is 0 Å². The molecule has 1 unspecified atom stereocenters. The summed E-state index contributed by atoms with van der Waals surface area (Å²) in [5, 5.41) is 0. The van der Waals surface area contributed by atoms with E-state index in [0.29, 0.717) is 0 Å². The van der Waals surface area contributed by atoms with Gasteiger partial charge in [0.1, 0.15) is 0 Å². The molecule has 1 nitrogen and oxygen atoms in total. The predicted molar refractivity (Wildman–Crippen MR) is 149 cm³/mol. The van der Waals surface area contributed by atoms with E-state index in [1.807, 2.05) is 0 Å². The average Bonchev–Trinajstić information content (AvgIpc) is 2.81. The van der Waals surface area contributed by atoms with Gasteiger partial charge in [0, 0.05) is 6.04 Å². The van der Waals surface area contributed by atoms with Gasteiger partial charge in [0.2, 0.25) is 0 Å². The summed E-state index contributed by atoms with van der Waals surface area (Å²) in [5.41, 5.74) is 0. The second kappa shape index (κ2) is 26.7. The van der Waals surface area contributed by atoms with E-state index in [9.17, 15) is 0 Å². The Balaban J connectivity index is 3.57. The second-order valence-electron chi connectivity index (χ2n) is 10.0. The Morgan fingerprint density at radius 2 is 0.938 bits per heavy atom. The minimum absolute atomic E-state index is 0.823. The fraction of sp³-hybridized carbons (Fsp3) is 0.871. The smallest absolute Gasteiger partial charge is 0.00920 e. The molecule has 0 radical (unpaired) electrons. The molecule has 0 amide bonds. The highest BCUT2D eigenvalue weighted by atomic mass is 15.1. The zero-order valence-electron chi connectivity index (χ0n) is 22.9. The molecule has 0 saturated carbocycles. The van der Waals surface area contributed by atoms with Crippen molar-refractivity contribution in [3.63, 3.8) is 0 Å². The molecule has 1 heteroatoms. The molecule has 0 saturated heterocycles. The van der Waals surface area contributed by atoms with Gasteiger partial charge < -0.3 is 4.90 Å². The fourth-order valence-corrected chi connectivity index (χ4v) is 4.54. The van der Waals surface area contributed by atoms with Gasteiger partial charge in [-0.3, -0.25) is 0 Å². The van der Waals surface area contributed by atoms with Gasteiger partial charge >= 0.3 is 0 Å².